The van der Waals surface area contributed by atoms with Crippen molar-refractivity contribution in [1.29, 1.82) is 0 Å². The number of carbonyl (C=O) groups is 2. The van der Waals surface area contributed by atoms with Crippen LogP contribution in [0.15, 0.2) is 0 Å². The Morgan fingerprint density at radius 3 is 2.67 bits per heavy atom. The second-order valence-electron chi connectivity index (χ2n) is 1.98. The molecule has 0 unspecified atom stereocenters. The molecule has 0 aliphatic rings. The van der Waals surface area contributed by atoms with Gasteiger partial charge in [0.05, 0.1) is 0 Å². The number of carbonyl (C=O) groups excluding carboxylic acids is 2. The molecule has 0 saturated heterocycles. The number of hydrogen-bond acceptors (Lipinski definition) is 4. The van der Waals surface area contributed by atoms with E-state index in [2.05, 4.69) is 14.2 Å². The zero-order valence-electron chi connectivity index (χ0n) is 7.05. The van der Waals surface area contributed by atoms with Crippen molar-refractivity contribution in [1.82, 2.24) is 10.0 Å². The average Bonchev–Trinajstić information content (AvgIpc) is 2.04. The van der Waals surface area contributed by atoms with E-state index in [1.54, 1.807) is 0 Å². The average molecular weight is 192 g/mol. The molecule has 6 heteroatoms. The van der Waals surface area contributed by atoms with Crippen LogP contribution in [0.1, 0.15) is 19.8 Å². The molecule has 0 aromatic heterocycles. The Morgan fingerprint density at radius 1 is 1.50 bits per heavy atom. The first-order chi connectivity index (χ1) is 5.70. The fraction of sp³-hybridized carbons (Fsp3) is 0.667. The van der Waals surface area contributed by atoms with Crippen LogP contribution in [0.2, 0.25) is 0 Å². The van der Waals surface area contributed by atoms with Crippen LogP contribution in [-0.2, 0) is 8.98 Å². The second kappa shape index (κ2) is 6.78. The lowest BCUT2D eigenvalue weighted by Crippen LogP contribution is -2.21. The number of amides is 2. The molecule has 0 aliphatic carbocycles. The van der Waals surface area contributed by atoms with Crippen molar-refractivity contribution in [2.24, 2.45) is 0 Å². The summed E-state index contributed by atoms with van der Waals surface area (Å²) in [6, 6.07) is 0. The smallest absolute Gasteiger partial charge is 0.353 e. The summed E-state index contributed by atoms with van der Waals surface area (Å²) in [5.41, 5.74) is 0. The van der Waals surface area contributed by atoms with Crippen LogP contribution in [0.5, 0.6) is 0 Å². The summed E-state index contributed by atoms with van der Waals surface area (Å²) in [5, 5.41) is 2.24. The Hall–Kier alpha value is -0.910. The second-order valence-corrected chi connectivity index (χ2v) is 2.52. The summed E-state index contributed by atoms with van der Waals surface area (Å²) in [7, 11) is 1.44. The molecule has 0 aromatic rings. The first-order valence-electron chi connectivity index (χ1n) is 3.54. The quantitative estimate of drug-likeness (QED) is 0.511. The molecule has 12 heavy (non-hydrogen) atoms. The molecule has 5 nitrogen and oxygen atoms in total. The van der Waals surface area contributed by atoms with E-state index >= 15 is 0 Å². The molecule has 0 bridgehead atoms. The largest absolute Gasteiger partial charge is 0.420 e. The highest BCUT2D eigenvalue weighted by Gasteiger charge is 2.02. The van der Waals surface area contributed by atoms with Crippen LogP contribution < -0.4 is 10.0 Å². The van der Waals surface area contributed by atoms with Gasteiger partial charge in [0.25, 0.3) is 0 Å². The highest BCUT2D eigenvalue weighted by Crippen LogP contribution is 1.97. The van der Waals surface area contributed by atoms with E-state index in [9.17, 15) is 9.59 Å². The molecule has 0 radical (unpaired) electrons. The van der Waals surface area contributed by atoms with Gasteiger partial charge in [0.1, 0.15) is 0 Å². The van der Waals surface area contributed by atoms with Gasteiger partial charge in [0.2, 0.25) is 5.91 Å². The van der Waals surface area contributed by atoms with E-state index < -0.39 is 6.09 Å². The lowest BCUT2D eigenvalue weighted by atomic mass is 10.3. The minimum Gasteiger partial charge on any atom is -0.353 e. The molecule has 2 N–H and O–H groups in total. The Labute approximate surface area is 75.6 Å². The standard InChI is InChI=1S/C6H12N2O3S/c1-3-4-5(9)8-12-11-6(10)7-2/h3-4H2,1-2H3,(H,7,10)(H,8,9). The van der Waals surface area contributed by atoms with Crippen LogP contribution >= 0.6 is 12.2 Å². The molecule has 0 aliphatic heterocycles. The molecule has 70 valence electrons. The predicted molar refractivity (Wildman–Crippen MR) is 46.2 cm³/mol. The van der Waals surface area contributed by atoms with Gasteiger partial charge in [-0.2, -0.15) is 0 Å². The third kappa shape index (κ3) is 5.84. The highest BCUT2D eigenvalue weighted by molar-refractivity contribution is 7.93. The third-order valence-corrected chi connectivity index (χ3v) is 1.50. The van der Waals surface area contributed by atoms with Crippen molar-refractivity contribution in [2.75, 3.05) is 7.05 Å². The molecule has 0 heterocycles. The van der Waals surface area contributed by atoms with Crippen molar-refractivity contribution < 1.29 is 13.8 Å². The highest BCUT2D eigenvalue weighted by atomic mass is 32.2. The van der Waals surface area contributed by atoms with Gasteiger partial charge in [-0.15, -0.1) is 0 Å². The summed E-state index contributed by atoms with van der Waals surface area (Å²) in [5.74, 6) is -0.147. The van der Waals surface area contributed by atoms with Crippen molar-refractivity contribution in [3.05, 3.63) is 0 Å². The van der Waals surface area contributed by atoms with Crippen LogP contribution in [0.25, 0.3) is 0 Å². The van der Waals surface area contributed by atoms with Gasteiger partial charge >= 0.3 is 6.09 Å². The van der Waals surface area contributed by atoms with Crippen molar-refractivity contribution in [3.63, 3.8) is 0 Å². The van der Waals surface area contributed by atoms with E-state index in [4.69, 9.17) is 0 Å². The van der Waals surface area contributed by atoms with Gasteiger partial charge < -0.3 is 9.50 Å². The summed E-state index contributed by atoms with van der Waals surface area (Å²) in [6.07, 6.45) is 0.619. The molecule has 0 atom stereocenters. The third-order valence-electron chi connectivity index (χ3n) is 0.954. The molecule has 0 saturated carbocycles. The van der Waals surface area contributed by atoms with Crippen molar-refractivity contribution >= 4 is 24.2 Å². The molecule has 0 aromatic carbocycles. The normalized spacial score (nSPS) is 8.83. The maximum Gasteiger partial charge on any atom is 0.420 e. The minimum absolute atomic E-state index is 0.147. The van der Waals surface area contributed by atoms with Crippen LogP contribution in [0, 0.1) is 0 Å². The van der Waals surface area contributed by atoms with E-state index in [0.29, 0.717) is 18.6 Å². The van der Waals surface area contributed by atoms with Gasteiger partial charge in [-0.1, -0.05) is 6.92 Å². The molecule has 0 fully saturated rings. The van der Waals surface area contributed by atoms with Crippen LogP contribution in [-0.4, -0.2) is 19.0 Å². The first kappa shape index (κ1) is 11.1. The maximum atomic E-state index is 10.8. The van der Waals surface area contributed by atoms with E-state index in [0.717, 1.165) is 6.42 Å². The van der Waals surface area contributed by atoms with Gasteiger partial charge in [-0.25, -0.2) is 4.79 Å². The van der Waals surface area contributed by atoms with Gasteiger partial charge in [0.15, 0.2) is 12.2 Å². The maximum absolute atomic E-state index is 10.8. The molecular formula is C6H12N2O3S. The van der Waals surface area contributed by atoms with Crippen LogP contribution in [0.4, 0.5) is 4.79 Å². The van der Waals surface area contributed by atoms with Gasteiger partial charge in [0, 0.05) is 13.5 Å². The Balaban J connectivity index is 3.30. The summed E-state index contributed by atoms with van der Waals surface area (Å²) < 4.78 is 6.79. The van der Waals surface area contributed by atoms with Gasteiger partial charge in [-0.05, 0) is 6.42 Å². The molecule has 2 amide bonds. The zero-order chi connectivity index (χ0) is 9.40. The van der Waals surface area contributed by atoms with E-state index in [1.165, 1.54) is 7.05 Å². The first-order valence-corrected chi connectivity index (χ1v) is 4.29. The fourth-order valence-electron chi connectivity index (χ4n) is 0.425. The van der Waals surface area contributed by atoms with E-state index in [-0.39, 0.29) is 5.91 Å². The number of hydrogen-bond donors (Lipinski definition) is 2. The topological polar surface area (TPSA) is 67.4 Å². The summed E-state index contributed by atoms with van der Waals surface area (Å²) >= 11 is 0.622. The lowest BCUT2D eigenvalue weighted by molar-refractivity contribution is -0.119. The fourth-order valence-corrected chi connectivity index (χ4v) is 0.821. The summed E-state index contributed by atoms with van der Waals surface area (Å²) in [6.45, 7) is 1.89. The predicted octanol–water partition coefficient (Wildman–Crippen LogP) is 0.822. The summed E-state index contributed by atoms with van der Waals surface area (Å²) in [4.78, 5) is 21.2. The SMILES string of the molecule is CCCC(=O)NSOC(=O)NC. The number of rotatable bonds is 4. The van der Waals surface area contributed by atoms with Crippen molar-refractivity contribution in [2.45, 2.75) is 19.8 Å². The van der Waals surface area contributed by atoms with Gasteiger partial charge in [-0.3, -0.25) is 9.52 Å². The molecular weight excluding hydrogens is 180 g/mol. The number of nitrogens with one attached hydrogen (secondary N) is 2. The monoisotopic (exact) mass is 192 g/mol. The molecule has 0 rings (SSSR count). The zero-order valence-corrected chi connectivity index (χ0v) is 7.86. The lowest BCUT2D eigenvalue weighted by Gasteiger charge is -2.01. The van der Waals surface area contributed by atoms with E-state index in [1.807, 2.05) is 6.92 Å². The Kier molecular flexibility index (Phi) is 6.26. The Bertz CT molecular complexity index is 163. The van der Waals surface area contributed by atoms with Crippen LogP contribution in [0.3, 0.4) is 0 Å². The minimum atomic E-state index is -0.586. The molecule has 0 spiro atoms. The Morgan fingerprint density at radius 2 is 2.17 bits per heavy atom. The van der Waals surface area contributed by atoms with Crippen molar-refractivity contribution in [3.8, 4) is 0 Å².